The number of hydrogen-bond donors (Lipinski definition) is 2. The summed E-state index contributed by atoms with van der Waals surface area (Å²) in [5.41, 5.74) is 0. The van der Waals surface area contributed by atoms with Gasteiger partial charge in [0.15, 0.2) is 16.6 Å². The van der Waals surface area contributed by atoms with Crippen LogP contribution in [0.1, 0.15) is 12.8 Å². The SMILES string of the molecule is C(OCC1CO1)C1CO1.C[Si](C)(C)O[Si](C)(CCCO)CCCO. The van der Waals surface area contributed by atoms with Crippen molar-refractivity contribution in [2.75, 3.05) is 39.6 Å². The molecule has 2 rings (SSSR count). The van der Waals surface area contributed by atoms with Crippen molar-refractivity contribution in [2.24, 2.45) is 0 Å². The number of aliphatic hydroxyl groups is 2. The molecule has 2 aliphatic heterocycles. The van der Waals surface area contributed by atoms with Crippen molar-refractivity contribution in [1.29, 1.82) is 0 Å². The molecule has 0 radical (unpaired) electrons. The van der Waals surface area contributed by atoms with Gasteiger partial charge in [-0.3, -0.25) is 0 Å². The van der Waals surface area contributed by atoms with E-state index in [4.69, 9.17) is 28.5 Å². The van der Waals surface area contributed by atoms with Crippen LogP contribution >= 0.6 is 0 Å². The predicted molar refractivity (Wildman–Crippen MR) is 99.4 cm³/mol. The van der Waals surface area contributed by atoms with Crippen LogP contribution in [0.5, 0.6) is 0 Å². The fourth-order valence-electron chi connectivity index (χ4n) is 2.53. The van der Waals surface area contributed by atoms with Crippen molar-refractivity contribution in [3.05, 3.63) is 0 Å². The molecule has 6 nitrogen and oxygen atoms in total. The summed E-state index contributed by atoms with van der Waals surface area (Å²) in [4.78, 5) is 0. The van der Waals surface area contributed by atoms with Crippen LogP contribution in [-0.2, 0) is 18.3 Å². The smallest absolute Gasteiger partial charge is 0.176 e. The lowest BCUT2D eigenvalue weighted by Crippen LogP contribution is -2.44. The third-order valence-corrected chi connectivity index (χ3v) is 10.9. The molecule has 144 valence electrons. The topological polar surface area (TPSA) is 84.0 Å². The largest absolute Gasteiger partial charge is 0.456 e. The van der Waals surface area contributed by atoms with Gasteiger partial charge in [-0.2, -0.15) is 0 Å². The average Bonchev–Trinajstić information content (AvgIpc) is 3.37. The molecule has 2 fully saturated rings. The summed E-state index contributed by atoms with van der Waals surface area (Å²) < 4.78 is 21.4. The molecule has 2 saturated heterocycles. The van der Waals surface area contributed by atoms with E-state index in [2.05, 4.69) is 26.2 Å². The predicted octanol–water partition coefficient (Wildman–Crippen LogP) is 1.98. The molecule has 0 aromatic carbocycles. The highest BCUT2D eigenvalue weighted by molar-refractivity contribution is 6.84. The van der Waals surface area contributed by atoms with Crippen LogP contribution in [0, 0.1) is 0 Å². The Balaban J connectivity index is 0.000000267. The summed E-state index contributed by atoms with van der Waals surface area (Å²) in [6.07, 6.45) is 2.45. The minimum Gasteiger partial charge on any atom is -0.456 e. The minimum atomic E-state index is -1.69. The van der Waals surface area contributed by atoms with E-state index < -0.39 is 16.6 Å². The quantitative estimate of drug-likeness (QED) is 0.398. The summed E-state index contributed by atoms with van der Waals surface area (Å²) in [5.74, 6) is 0. The van der Waals surface area contributed by atoms with Gasteiger partial charge in [0.05, 0.1) is 26.4 Å². The van der Waals surface area contributed by atoms with Gasteiger partial charge in [0.25, 0.3) is 0 Å². The molecule has 8 heteroatoms. The van der Waals surface area contributed by atoms with Crippen LogP contribution in [0.15, 0.2) is 0 Å². The van der Waals surface area contributed by atoms with Crippen LogP contribution in [0.4, 0.5) is 0 Å². The third-order valence-electron chi connectivity index (χ3n) is 3.69. The third kappa shape index (κ3) is 12.5. The Hall–Kier alpha value is 0.194. The monoisotopic (exact) mass is 380 g/mol. The fraction of sp³-hybridized carbons (Fsp3) is 1.00. The van der Waals surface area contributed by atoms with E-state index in [9.17, 15) is 0 Å². The number of ether oxygens (including phenoxy) is 3. The second-order valence-corrected chi connectivity index (χ2v) is 16.7. The number of hydrogen-bond acceptors (Lipinski definition) is 6. The van der Waals surface area contributed by atoms with E-state index in [-0.39, 0.29) is 13.2 Å². The second kappa shape index (κ2) is 11.0. The van der Waals surface area contributed by atoms with E-state index in [1.54, 1.807) is 0 Å². The Bertz CT molecular complexity index is 309. The summed E-state index contributed by atoms with van der Waals surface area (Å²) in [6.45, 7) is 12.6. The molecule has 0 aromatic heterocycles. The number of aliphatic hydroxyl groups excluding tert-OH is 2. The maximum absolute atomic E-state index is 8.88. The van der Waals surface area contributed by atoms with Gasteiger partial charge in [-0.1, -0.05) is 0 Å². The summed E-state index contributed by atoms with van der Waals surface area (Å²) >= 11 is 0. The van der Waals surface area contributed by atoms with E-state index in [1.807, 2.05) is 0 Å². The maximum Gasteiger partial charge on any atom is 0.176 e. The van der Waals surface area contributed by atoms with Crippen LogP contribution in [-0.4, -0.2) is 78.7 Å². The van der Waals surface area contributed by atoms with Gasteiger partial charge in [-0.05, 0) is 51.1 Å². The molecule has 0 spiro atoms. The molecular weight excluding hydrogens is 344 g/mol. The van der Waals surface area contributed by atoms with Crippen LogP contribution in [0.25, 0.3) is 0 Å². The van der Waals surface area contributed by atoms with Crippen LogP contribution in [0.3, 0.4) is 0 Å². The maximum atomic E-state index is 8.88. The van der Waals surface area contributed by atoms with Crippen molar-refractivity contribution >= 4 is 16.6 Å². The standard InChI is InChI=1S/C10H26O3Si2.C6H10O3/c1-14(2,3)13-15(4,9-5-7-11)10-6-8-12;1(5-3-8-5)7-2-6-4-9-6/h11-12H,5-10H2,1-4H3;5-6H,1-4H2. The summed E-state index contributed by atoms with van der Waals surface area (Å²) in [7, 11) is -3.18. The van der Waals surface area contributed by atoms with Gasteiger partial charge in [0.1, 0.15) is 12.2 Å². The molecule has 0 bridgehead atoms. The van der Waals surface area contributed by atoms with Crippen molar-refractivity contribution in [2.45, 2.75) is 63.3 Å². The highest BCUT2D eigenvalue weighted by Crippen LogP contribution is 2.25. The Morgan fingerprint density at radius 3 is 1.58 bits per heavy atom. The molecule has 24 heavy (non-hydrogen) atoms. The molecule has 2 unspecified atom stereocenters. The summed E-state index contributed by atoms with van der Waals surface area (Å²) in [6, 6.07) is 2.02. The number of epoxide rings is 2. The Morgan fingerprint density at radius 1 is 0.875 bits per heavy atom. The zero-order chi connectivity index (χ0) is 18.1. The summed E-state index contributed by atoms with van der Waals surface area (Å²) in [5, 5.41) is 17.8. The zero-order valence-corrected chi connectivity index (χ0v) is 17.8. The Kier molecular flexibility index (Phi) is 10.2. The lowest BCUT2D eigenvalue weighted by molar-refractivity contribution is 0.102. The number of rotatable bonds is 12. The van der Waals surface area contributed by atoms with Crippen molar-refractivity contribution in [1.82, 2.24) is 0 Å². The van der Waals surface area contributed by atoms with Gasteiger partial charge in [-0.15, -0.1) is 0 Å². The molecule has 0 aromatic rings. The van der Waals surface area contributed by atoms with Crippen molar-refractivity contribution in [3.63, 3.8) is 0 Å². The second-order valence-electron chi connectivity index (χ2n) is 7.77. The Morgan fingerprint density at radius 2 is 1.29 bits per heavy atom. The van der Waals surface area contributed by atoms with Gasteiger partial charge < -0.3 is 28.5 Å². The molecule has 0 saturated carbocycles. The zero-order valence-electron chi connectivity index (χ0n) is 15.8. The highest BCUT2D eigenvalue weighted by atomic mass is 28.4. The van der Waals surface area contributed by atoms with Gasteiger partial charge >= 0.3 is 0 Å². The van der Waals surface area contributed by atoms with E-state index in [0.717, 1.165) is 51.4 Å². The molecular formula is C16H36O6Si2. The Labute approximate surface area is 148 Å². The van der Waals surface area contributed by atoms with Gasteiger partial charge in [0, 0.05) is 13.2 Å². The normalized spacial score (nSPS) is 22.8. The van der Waals surface area contributed by atoms with Crippen LogP contribution < -0.4 is 0 Å². The minimum absolute atomic E-state index is 0.247. The first-order chi connectivity index (χ1) is 11.3. The van der Waals surface area contributed by atoms with Crippen molar-refractivity contribution in [3.8, 4) is 0 Å². The first kappa shape index (κ1) is 22.2. The van der Waals surface area contributed by atoms with E-state index in [0.29, 0.717) is 12.2 Å². The molecule has 0 amide bonds. The lowest BCUT2D eigenvalue weighted by Gasteiger charge is -2.34. The van der Waals surface area contributed by atoms with Crippen LogP contribution in [0.2, 0.25) is 38.3 Å². The average molecular weight is 381 g/mol. The molecule has 2 atom stereocenters. The van der Waals surface area contributed by atoms with E-state index in [1.165, 1.54) is 0 Å². The highest BCUT2D eigenvalue weighted by Gasteiger charge is 2.33. The van der Waals surface area contributed by atoms with Gasteiger partial charge in [0.2, 0.25) is 0 Å². The first-order valence-electron chi connectivity index (χ1n) is 9.01. The molecule has 2 N–H and O–H groups in total. The van der Waals surface area contributed by atoms with Crippen molar-refractivity contribution < 1.29 is 28.5 Å². The molecule has 2 aliphatic rings. The van der Waals surface area contributed by atoms with E-state index >= 15 is 0 Å². The molecule has 0 aliphatic carbocycles. The fourth-order valence-corrected chi connectivity index (χ4v) is 11.3. The van der Waals surface area contributed by atoms with Gasteiger partial charge in [-0.25, -0.2) is 0 Å². The first-order valence-corrected chi connectivity index (χ1v) is 15.2. The lowest BCUT2D eigenvalue weighted by atomic mass is 10.5. The molecule has 2 heterocycles.